The standard InChI is InChI=1S/C20H21F4N5O3/c1-26-19(25)32-17(20(23,24)10-3-4-10)16(22)12-7-11(5-6-13(12)21)29-18(30)14-8-28-15(31-2)9-27-14/h5-10,16-17H,3-4H2,1-2H3,(H2,25,26)(H,29,30)/t16-,17+/m1/s1. The average molecular weight is 455 g/mol. The van der Waals surface area contributed by atoms with Crippen LogP contribution in [-0.2, 0) is 4.74 Å². The Kier molecular flexibility index (Phi) is 6.80. The lowest BCUT2D eigenvalue weighted by molar-refractivity contribution is -0.145. The highest BCUT2D eigenvalue weighted by Gasteiger charge is 2.57. The summed E-state index contributed by atoms with van der Waals surface area (Å²) in [5.74, 6) is -6.35. The molecule has 172 valence electrons. The number of anilines is 1. The number of alkyl halides is 3. The van der Waals surface area contributed by atoms with E-state index in [9.17, 15) is 18.0 Å². The minimum Gasteiger partial charge on any atom is -0.480 e. The Morgan fingerprint density at radius 1 is 1.31 bits per heavy atom. The molecule has 0 radical (unpaired) electrons. The number of nitrogens with zero attached hydrogens (tertiary/aromatic N) is 3. The molecule has 2 atom stereocenters. The van der Waals surface area contributed by atoms with Crippen LogP contribution in [0.4, 0.5) is 23.2 Å². The van der Waals surface area contributed by atoms with E-state index in [2.05, 4.69) is 20.3 Å². The van der Waals surface area contributed by atoms with Crippen molar-refractivity contribution in [3.8, 4) is 5.88 Å². The molecule has 1 amide bonds. The molecule has 1 aromatic heterocycles. The van der Waals surface area contributed by atoms with Crippen LogP contribution < -0.4 is 15.8 Å². The van der Waals surface area contributed by atoms with Gasteiger partial charge < -0.3 is 20.5 Å². The molecule has 1 aromatic carbocycles. The quantitative estimate of drug-likeness (QED) is 0.359. The summed E-state index contributed by atoms with van der Waals surface area (Å²) < 4.78 is 68.9. The molecule has 8 nitrogen and oxygen atoms in total. The zero-order valence-electron chi connectivity index (χ0n) is 17.2. The smallest absolute Gasteiger partial charge is 0.290 e. The second kappa shape index (κ2) is 9.37. The fourth-order valence-corrected chi connectivity index (χ4v) is 2.95. The number of nitrogens with two attached hydrogens (primary N) is 1. The maximum Gasteiger partial charge on any atom is 0.290 e. The van der Waals surface area contributed by atoms with Gasteiger partial charge in [-0.1, -0.05) is 0 Å². The fraction of sp³-hybridized carbons (Fsp3) is 0.400. The molecule has 0 saturated heterocycles. The molecule has 12 heteroatoms. The van der Waals surface area contributed by atoms with Gasteiger partial charge in [-0.05, 0) is 31.0 Å². The Balaban J connectivity index is 1.85. The zero-order valence-corrected chi connectivity index (χ0v) is 17.2. The van der Waals surface area contributed by atoms with Gasteiger partial charge in [0.15, 0.2) is 6.17 Å². The topological polar surface area (TPSA) is 112 Å². The van der Waals surface area contributed by atoms with Crippen LogP contribution >= 0.6 is 0 Å². The predicted molar refractivity (Wildman–Crippen MR) is 107 cm³/mol. The van der Waals surface area contributed by atoms with E-state index < -0.39 is 47.4 Å². The Labute approximate surface area is 180 Å². The molecule has 1 saturated carbocycles. The van der Waals surface area contributed by atoms with Crippen LogP contribution in [0.5, 0.6) is 5.88 Å². The predicted octanol–water partition coefficient (Wildman–Crippen LogP) is 3.26. The van der Waals surface area contributed by atoms with Crippen molar-refractivity contribution in [2.75, 3.05) is 19.5 Å². The largest absolute Gasteiger partial charge is 0.480 e. The van der Waals surface area contributed by atoms with Crippen molar-refractivity contribution in [2.24, 2.45) is 16.6 Å². The molecule has 1 aliphatic carbocycles. The van der Waals surface area contributed by atoms with Crippen LogP contribution in [0, 0.1) is 11.7 Å². The van der Waals surface area contributed by atoms with Crippen LogP contribution in [0.3, 0.4) is 0 Å². The molecule has 0 bridgehead atoms. The van der Waals surface area contributed by atoms with E-state index in [1.165, 1.54) is 20.4 Å². The second-order valence-corrected chi connectivity index (χ2v) is 7.09. The number of nitrogens with one attached hydrogen (secondary N) is 1. The summed E-state index contributed by atoms with van der Waals surface area (Å²) in [6.07, 6.45) is -2.27. The van der Waals surface area contributed by atoms with Crippen LogP contribution in [0.15, 0.2) is 35.6 Å². The lowest BCUT2D eigenvalue weighted by atomic mass is 9.97. The SMILES string of the molecule is CN=C(N)O[C@@H]([C@H](F)c1cc(NC(=O)c2cnc(OC)cn2)ccc1F)C(F)(F)C1CC1. The van der Waals surface area contributed by atoms with Crippen molar-refractivity contribution in [1.82, 2.24) is 9.97 Å². The van der Waals surface area contributed by atoms with Crippen LogP contribution in [-0.4, -0.2) is 48.1 Å². The summed E-state index contributed by atoms with van der Waals surface area (Å²) in [6, 6.07) is 2.26. The highest BCUT2D eigenvalue weighted by molar-refractivity contribution is 6.02. The number of halogens is 4. The average Bonchev–Trinajstić information content (AvgIpc) is 3.64. The van der Waals surface area contributed by atoms with Gasteiger partial charge in [-0.2, -0.15) is 0 Å². The number of carbonyl (C=O) groups is 1. The first kappa shape index (κ1) is 23.2. The van der Waals surface area contributed by atoms with Gasteiger partial charge in [-0.15, -0.1) is 0 Å². The van der Waals surface area contributed by atoms with Crippen LogP contribution in [0.1, 0.15) is 35.1 Å². The highest BCUT2D eigenvalue weighted by Crippen LogP contribution is 2.49. The molecule has 1 heterocycles. The second-order valence-electron chi connectivity index (χ2n) is 7.09. The highest BCUT2D eigenvalue weighted by atomic mass is 19.3. The minimum absolute atomic E-state index is 0.0442. The first-order chi connectivity index (χ1) is 15.2. The minimum atomic E-state index is -3.61. The third kappa shape index (κ3) is 5.06. The van der Waals surface area contributed by atoms with Crippen molar-refractivity contribution in [2.45, 2.75) is 31.0 Å². The normalized spacial score (nSPS) is 16.2. The molecular formula is C20H21F4N5O3. The van der Waals surface area contributed by atoms with Crippen LogP contribution in [0.2, 0.25) is 0 Å². The van der Waals surface area contributed by atoms with Crippen molar-refractivity contribution in [1.29, 1.82) is 0 Å². The van der Waals surface area contributed by atoms with Crippen LogP contribution in [0.25, 0.3) is 0 Å². The number of aromatic nitrogens is 2. The number of hydrogen-bond acceptors (Lipinski definition) is 6. The number of amides is 1. The molecule has 3 N–H and O–H groups in total. The lowest BCUT2D eigenvalue weighted by Gasteiger charge is -2.30. The van der Waals surface area contributed by atoms with E-state index in [-0.39, 0.29) is 30.1 Å². The number of ether oxygens (including phenoxy) is 2. The van der Waals surface area contributed by atoms with Gasteiger partial charge in [0.1, 0.15) is 11.5 Å². The van der Waals surface area contributed by atoms with E-state index in [1.807, 2.05) is 0 Å². The summed E-state index contributed by atoms with van der Waals surface area (Å²) in [7, 11) is 2.56. The van der Waals surface area contributed by atoms with E-state index in [4.69, 9.17) is 15.2 Å². The maximum atomic E-state index is 15.3. The third-order valence-corrected chi connectivity index (χ3v) is 4.86. The summed E-state index contributed by atoms with van der Waals surface area (Å²) in [5.41, 5.74) is 4.52. The van der Waals surface area contributed by atoms with Gasteiger partial charge in [0, 0.05) is 24.2 Å². The van der Waals surface area contributed by atoms with Crippen molar-refractivity contribution >= 4 is 17.6 Å². The summed E-state index contributed by atoms with van der Waals surface area (Å²) >= 11 is 0. The number of aliphatic imine (C=N–C) groups is 1. The van der Waals surface area contributed by atoms with Crippen molar-refractivity contribution < 1.29 is 31.8 Å². The Morgan fingerprint density at radius 3 is 2.59 bits per heavy atom. The van der Waals surface area contributed by atoms with Crippen molar-refractivity contribution in [3.05, 3.63) is 47.7 Å². The van der Waals surface area contributed by atoms with Gasteiger partial charge in [-0.3, -0.25) is 4.79 Å². The first-order valence-electron chi connectivity index (χ1n) is 9.55. The number of rotatable bonds is 8. The number of carbonyl (C=O) groups excluding carboxylic acids is 1. The van der Waals surface area contributed by atoms with Gasteiger partial charge in [0.2, 0.25) is 12.0 Å². The molecule has 3 rings (SSSR count). The molecule has 32 heavy (non-hydrogen) atoms. The van der Waals surface area contributed by atoms with Crippen molar-refractivity contribution in [3.63, 3.8) is 0 Å². The monoisotopic (exact) mass is 455 g/mol. The van der Waals surface area contributed by atoms with E-state index in [0.29, 0.717) is 0 Å². The Bertz CT molecular complexity index is 999. The summed E-state index contributed by atoms with van der Waals surface area (Å²) in [5, 5.41) is 2.39. The van der Waals surface area contributed by atoms with Gasteiger partial charge in [0.25, 0.3) is 17.9 Å². The Hall–Kier alpha value is -3.44. The molecule has 1 aliphatic rings. The summed E-state index contributed by atoms with van der Waals surface area (Å²) in [4.78, 5) is 23.5. The maximum absolute atomic E-state index is 15.3. The van der Waals surface area contributed by atoms with Gasteiger partial charge >= 0.3 is 0 Å². The number of benzene rings is 1. The molecule has 2 aromatic rings. The molecule has 0 spiro atoms. The molecule has 0 unspecified atom stereocenters. The summed E-state index contributed by atoms with van der Waals surface area (Å²) in [6.45, 7) is 0. The Morgan fingerprint density at radius 2 is 2.03 bits per heavy atom. The van der Waals surface area contributed by atoms with E-state index in [0.717, 1.165) is 24.4 Å². The molecule has 1 fully saturated rings. The zero-order chi connectivity index (χ0) is 23.5. The van der Waals surface area contributed by atoms with E-state index in [1.54, 1.807) is 0 Å². The third-order valence-electron chi connectivity index (χ3n) is 4.86. The number of methoxy groups -OCH3 is 1. The molecular weight excluding hydrogens is 434 g/mol. The van der Waals surface area contributed by atoms with Gasteiger partial charge in [0.05, 0.1) is 19.5 Å². The number of amidine groups is 1. The first-order valence-corrected chi connectivity index (χ1v) is 9.55. The van der Waals surface area contributed by atoms with Gasteiger partial charge in [-0.25, -0.2) is 32.5 Å². The lowest BCUT2D eigenvalue weighted by Crippen LogP contribution is -2.44. The fourth-order valence-electron chi connectivity index (χ4n) is 2.95. The molecule has 0 aliphatic heterocycles. The van der Waals surface area contributed by atoms with E-state index >= 15 is 4.39 Å². The number of hydrogen-bond donors (Lipinski definition) is 2.